The second kappa shape index (κ2) is 30.5. The van der Waals surface area contributed by atoms with Crippen LogP contribution in [-0.2, 0) is 49.8 Å². The number of Topliss-reactive ketones (excluding diaryl/α,β-unsaturated/α-hetero) is 2. The lowest BCUT2D eigenvalue weighted by Crippen LogP contribution is -2.37. The van der Waals surface area contributed by atoms with E-state index in [0.29, 0.717) is 78.7 Å². The number of carbonyl (C=O) groups is 4. The Balaban J connectivity index is 0.000000272. The second-order valence-electron chi connectivity index (χ2n) is 21.9. The van der Waals surface area contributed by atoms with E-state index in [1.165, 1.54) is 68.0 Å². The number of fused-ring (bicyclic) bond motifs is 6. The molecule has 3 aliphatic carbocycles. The Morgan fingerprint density at radius 1 is 0.794 bits per heavy atom. The first-order valence-corrected chi connectivity index (χ1v) is 26.3. The average Bonchev–Trinajstić information content (AvgIpc) is 3.94. The highest BCUT2D eigenvalue weighted by atomic mass is 16.5. The minimum Gasteiger partial charge on any atom is -0.373 e. The molecule has 0 radical (unpaired) electrons. The molecule has 4 aliphatic rings. The Labute approximate surface area is 411 Å². The summed E-state index contributed by atoms with van der Waals surface area (Å²) >= 11 is 0. The summed E-state index contributed by atoms with van der Waals surface area (Å²) in [6.07, 6.45) is 14.8. The highest BCUT2D eigenvalue weighted by molar-refractivity contribution is 6.05. The average molecular weight is 945 g/mol. The molecule has 68 heavy (non-hydrogen) atoms. The number of ether oxygens (including phenoxy) is 1. The number of carbonyl (C=O) groups excluding carboxylic acids is 4. The highest BCUT2D eigenvalue weighted by Crippen LogP contribution is 2.57. The van der Waals surface area contributed by atoms with Crippen molar-refractivity contribution in [2.45, 2.75) is 192 Å². The first-order valence-electron chi connectivity index (χ1n) is 26.3. The maximum atomic E-state index is 12.5. The number of ketones is 2. The number of aryl methyl sites for hydroxylation is 2. The van der Waals surface area contributed by atoms with Gasteiger partial charge in [0, 0.05) is 88.5 Å². The number of aromatic nitrogens is 3. The zero-order chi connectivity index (χ0) is 50.3. The molecule has 5 unspecified atom stereocenters. The number of nitrogens with one attached hydrogen (secondary N) is 3. The van der Waals surface area contributed by atoms with Gasteiger partial charge in [0.15, 0.2) is 5.78 Å². The fourth-order valence-electron chi connectivity index (χ4n) is 9.73. The van der Waals surface area contributed by atoms with E-state index in [2.05, 4.69) is 108 Å². The largest absolute Gasteiger partial charge is 0.373 e. The summed E-state index contributed by atoms with van der Waals surface area (Å²) < 4.78 is 7.25. The highest BCUT2D eigenvalue weighted by Gasteiger charge is 2.54. The third-order valence-electron chi connectivity index (χ3n) is 12.7. The van der Waals surface area contributed by atoms with Crippen LogP contribution in [0, 0.1) is 53.3 Å². The minimum atomic E-state index is 0.0370. The van der Waals surface area contributed by atoms with Gasteiger partial charge < -0.3 is 20.7 Å². The van der Waals surface area contributed by atoms with Crippen LogP contribution < -0.4 is 16.0 Å². The van der Waals surface area contributed by atoms with Gasteiger partial charge in [-0.15, -0.1) is 5.10 Å². The second-order valence-corrected chi connectivity index (χ2v) is 21.9. The van der Waals surface area contributed by atoms with Crippen LogP contribution >= 0.6 is 0 Å². The molecule has 2 fully saturated rings. The van der Waals surface area contributed by atoms with E-state index in [1.807, 2.05) is 46.2 Å². The van der Waals surface area contributed by atoms with Crippen molar-refractivity contribution in [3.63, 3.8) is 0 Å². The number of amides is 2. The van der Waals surface area contributed by atoms with Gasteiger partial charge in [-0.25, -0.2) is 4.68 Å². The zero-order valence-electron chi connectivity index (χ0n) is 44.5. The molecule has 1 aromatic carbocycles. The molecule has 382 valence electrons. The molecule has 6 rings (SSSR count). The van der Waals surface area contributed by atoms with E-state index in [9.17, 15) is 19.2 Å². The monoisotopic (exact) mass is 945 g/mol. The van der Waals surface area contributed by atoms with Crippen LogP contribution in [0.25, 0.3) is 0 Å². The Kier molecular flexibility index (Phi) is 26.1. The van der Waals surface area contributed by atoms with Crippen molar-refractivity contribution in [2.75, 3.05) is 19.8 Å². The predicted octanol–water partition coefficient (Wildman–Crippen LogP) is 9.77. The molecule has 0 saturated heterocycles. The molecule has 5 atom stereocenters. The summed E-state index contributed by atoms with van der Waals surface area (Å²) in [7, 11) is 0. The van der Waals surface area contributed by atoms with E-state index in [1.54, 1.807) is 0 Å². The molecule has 0 spiro atoms. The number of benzene rings is 1. The third kappa shape index (κ3) is 21.3. The fraction of sp³-hybridized carbons (Fsp3) is 0.745. The first-order chi connectivity index (χ1) is 32.2. The van der Waals surface area contributed by atoms with E-state index < -0.39 is 0 Å². The normalized spacial score (nSPS) is 20.3. The van der Waals surface area contributed by atoms with E-state index >= 15 is 0 Å². The maximum Gasteiger partial charge on any atom is 0.222 e. The molecule has 2 heterocycles. The number of hydrogen-bond acceptors (Lipinski definition) is 10. The molecular formula is C55H92N8O5. The molecule has 2 amide bonds. The third-order valence-corrected chi connectivity index (χ3v) is 12.7. The van der Waals surface area contributed by atoms with E-state index in [0.717, 1.165) is 50.9 Å². The van der Waals surface area contributed by atoms with Crippen LogP contribution in [0.4, 0.5) is 0 Å². The molecule has 2 aromatic rings. The summed E-state index contributed by atoms with van der Waals surface area (Å²) in [6, 6.07) is 9.58. The van der Waals surface area contributed by atoms with Gasteiger partial charge in [0.2, 0.25) is 11.8 Å². The Hall–Kier alpha value is -4.10. The molecule has 13 heteroatoms. The van der Waals surface area contributed by atoms with Gasteiger partial charge in [0.05, 0.1) is 17.1 Å². The van der Waals surface area contributed by atoms with E-state index in [-0.39, 0.29) is 36.2 Å². The van der Waals surface area contributed by atoms with Gasteiger partial charge in [0.1, 0.15) is 12.4 Å². The molecule has 2 bridgehead atoms. The molecule has 1 aliphatic heterocycles. The van der Waals surface area contributed by atoms with Crippen LogP contribution in [-0.4, -0.2) is 82.1 Å². The van der Waals surface area contributed by atoms with Gasteiger partial charge in [0.25, 0.3) is 0 Å². The van der Waals surface area contributed by atoms with Crippen molar-refractivity contribution >= 4 is 35.3 Å². The molecular weight excluding hydrogens is 853 g/mol. The van der Waals surface area contributed by atoms with Crippen LogP contribution in [0.2, 0.25) is 0 Å². The summed E-state index contributed by atoms with van der Waals surface area (Å²) in [5.74, 6) is 5.00. The van der Waals surface area contributed by atoms with Crippen LogP contribution in [0.15, 0.2) is 34.5 Å². The zero-order valence-corrected chi connectivity index (χ0v) is 44.5. The maximum absolute atomic E-state index is 12.5. The molecule has 13 nitrogen and oxygen atoms in total. The summed E-state index contributed by atoms with van der Waals surface area (Å²) in [5, 5.41) is 26.7. The Bertz CT molecular complexity index is 1880. The lowest BCUT2D eigenvalue weighted by molar-refractivity contribution is -0.125. The van der Waals surface area contributed by atoms with E-state index in [4.69, 9.17) is 4.74 Å². The number of nitrogens with zero attached hydrogens (tertiary/aromatic N) is 5. The number of hydrogen-bond donors (Lipinski definition) is 3. The van der Waals surface area contributed by atoms with Crippen molar-refractivity contribution in [3.05, 3.63) is 46.8 Å². The fourth-order valence-corrected chi connectivity index (χ4v) is 9.73. The van der Waals surface area contributed by atoms with Crippen molar-refractivity contribution in [3.8, 4) is 0 Å². The van der Waals surface area contributed by atoms with Gasteiger partial charge in [-0.2, -0.15) is 10.2 Å². The molecule has 1 aromatic heterocycles. The van der Waals surface area contributed by atoms with Crippen LogP contribution in [0.1, 0.15) is 177 Å². The van der Waals surface area contributed by atoms with Crippen molar-refractivity contribution < 1.29 is 23.9 Å². The summed E-state index contributed by atoms with van der Waals surface area (Å²) in [6.45, 7) is 29.5. The quantitative estimate of drug-likeness (QED) is 0.110. The summed E-state index contributed by atoms with van der Waals surface area (Å²) in [4.78, 5) is 45.2. The van der Waals surface area contributed by atoms with Gasteiger partial charge in [-0.1, -0.05) is 112 Å². The standard InChI is InChI=1S/C25H35N3O.C15H26N4O.C10H20O2.C5H11NO/c1-15(2)9-21(29)11-19-10-20-12-22(19)24-23(20)14-27-28-25(24)18-7-5-17(6-8-18)13-26-16(3)4;1-12(2)15(20)16-10-7-11-19-14-9-6-4-3-5-8-13(14)17-18-19;1-8(2)5-10(11)7-12-6-9(3)4;1-4(2)6-5(3)7/h5-8,14-16,19-20,22-24,26H,9-13H2,1-4H3;12H,3-11H2,1-2H3,(H,16,20);8-9H,5-7H2,1-4H3;4H,1-3H3,(H,6,7). The first kappa shape index (κ1) is 58.2. The van der Waals surface area contributed by atoms with Crippen molar-refractivity contribution in [1.29, 1.82) is 0 Å². The Morgan fingerprint density at radius 3 is 2.04 bits per heavy atom. The minimum absolute atomic E-state index is 0.0370. The van der Waals surface area contributed by atoms with Crippen LogP contribution in [0.5, 0.6) is 0 Å². The topological polar surface area (TPSA) is 169 Å². The van der Waals surface area contributed by atoms with Gasteiger partial charge >= 0.3 is 0 Å². The van der Waals surface area contributed by atoms with Gasteiger partial charge in [-0.3, -0.25) is 19.2 Å². The predicted molar refractivity (Wildman–Crippen MR) is 277 cm³/mol. The van der Waals surface area contributed by atoms with Crippen LogP contribution in [0.3, 0.4) is 0 Å². The van der Waals surface area contributed by atoms with Crippen molar-refractivity contribution in [1.82, 2.24) is 30.9 Å². The SMILES string of the molecule is CC(=O)NC(C)C.CC(C)C(=O)NCCCn1nnc2c1CCCCCC2.CC(C)CC(=O)CC1CC2CC1C1C(c3ccc(CNC(C)C)cc3)=NN=CC21.CC(C)COCC(=O)CC(C)C. The smallest absolute Gasteiger partial charge is 0.222 e. The lowest BCUT2D eigenvalue weighted by Gasteiger charge is -2.36. The molecule has 2 saturated carbocycles. The summed E-state index contributed by atoms with van der Waals surface area (Å²) in [5.41, 5.74) is 6.15. The lowest BCUT2D eigenvalue weighted by atomic mass is 9.69. The molecule has 3 N–H and O–H groups in total. The number of rotatable bonds is 20. The van der Waals surface area contributed by atoms with Gasteiger partial charge in [-0.05, 0) is 105 Å². The van der Waals surface area contributed by atoms with Crippen molar-refractivity contribution in [2.24, 2.45) is 63.5 Å². The Morgan fingerprint density at radius 2 is 1.46 bits per heavy atom.